The zero-order chi connectivity index (χ0) is 11.9. The Morgan fingerprint density at radius 1 is 1.06 bits per heavy atom. The lowest BCUT2D eigenvalue weighted by molar-refractivity contribution is -0.124. The predicted octanol–water partition coefficient (Wildman–Crippen LogP) is 2.17. The second kappa shape index (κ2) is 7.00. The van der Waals surface area contributed by atoms with Crippen LogP contribution < -0.4 is 5.32 Å². The molecule has 1 saturated carbocycles. The van der Waals surface area contributed by atoms with Crippen LogP contribution in [0.1, 0.15) is 51.4 Å². The number of hydrogen-bond donors (Lipinski definition) is 1. The summed E-state index contributed by atoms with van der Waals surface area (Å²) in [5.41, 5.74) is 0. The molecule has 1 N–H and O–H groups in total. The Hall–Kier alpha value is -0.570. The van der Waals surface area contributed by atoms with E-state index >= 15 is 0 Å². The Kier molecular flexibility index (Phi) is 5.30. The standard InChI is InChI=1S/C14H26N2O/c17-14(13-7-1-2-8-13)15-9-3-4-10-16-11-5-6-12-16/h13H,1-12H2,(H,15,17). The second-order valence-corrected chi connectivity index (χ2v) is 5.53. The molecule has 1 saturated heterocycles. The fourth-order valence-electron chi connectivity index (χ4n) is 3.01. The summed E-state index contributed by atoms with van der Waals surface area (Å²) in [5.74, 6) is 0.636. The number of rotatable bonds is 6. The average molecular weight is 238 g/mol. The van der Waals surface area contributed by atoms with Gasteiger partial charge in [0, 0.05) is 12.5 Å². The molecule has 2 fully saturated rings. The molecule has 2 rings (SSSR count). The van der Waals surface area contributed by atoms with Crippen LogP contribution >= 0.6 is 0 Å². The number of carbonyl (C=O) groups excluding carboxylic acids is 1. The van der Waals surface area contributed by atoms with Gasteiger partial charge in [0.1, 0.15) is 0 Å². The first-order valence-corrected chi connectivity index (χ1v) is 7.36. The summed E-state index contributed by atoms with van der Waals surface area (Å²) in [6.45, 7) is 4.67. The zero-order valence-electron chi connectivity index (χ0n) is 10.9. The molecule has 0 radical (unpaired) electrons. The van der Waals surface area contributed by atoms with Gasteiger partial charge in [-0.15, -0.1) is 0 Å². The summed E-state index contributed by atoms with van der Waals surface area (Å²) < 4.78 is 0. The number of nitrogens with zero attached hydrogens (tertiary/aromatic N) is 1. The van der Waals surface area contributed by atoms with Crippen molar-refractivity contribution in [2.24, 2.45) is 5.92 Å². The molecule has 2 aliphatic rings. The smallest absolute Gasteiger partial charge is 0.223 e. The fraction of sp³-hybridized carbons (Fsp3) is 0.929. The van der Waals surface area contributed by atoms with Gasteiger partial charge in [-0.05, 0) is 58.2 Å². The lowest BCUT2D eigenvalue weighted by atomic mass is 10.1. The van der Waals surface area contributed by atoms with Gasteiger partial charge in [-0.3, -0.25) is 4.79 Å². The van der Waals surface area contributed by atoms with Crippen molar-refractivity contribution < 1.29 is 4.79 Å². The third kappa shape index (κ3) is 4.30. The molecule has 0 bridgehead atoms. The molecule has 0 aromatic carbocycles. The van der Waals surface area contributed by atoms with E-state index < -0.39 is 0 Å². The van der Waals surface area contributed by atoms with Crippen molar-refractivity contribution in [3.63, 3.8) is 0 Å². The summed E-state index contributed by atoms with van der Waals surface area (Å²) in [7, 11) is 0. The van der Waals surface area contributed by atoms with Crippen molar-refractivity contribution in [2.45, 2.75) is 51.4 Å². The maximum atomic E-state index is 11.7. The molecule has 1 aliphatic carbocycles. The largest absolute Gasteiger partial charge is 0.356 e. The Morgan fingerprint density at radius 2 is 1.76 bits per heavy atom. The van der Waals surface area contributed by atoms with Gasteiger partial charge in [-0.1, -0.05) is 12.8 Å². The summed E-state index contributed by atoms with van der Waals surface area (Å²) >= 11 is 0. The van der Waals surface area contributed by atoms with Crippen molar-refractivity contribution in [2.75, 3.05) is 26.2 Å². The van der Waals surface area contributed by atoms with Gasteiger partial charge in [0.25, 0.3) is 0 Å². The number of hydrogen-bond acceptors (Lipinski definition) is 2. The molecule has 1 amide bonds. The molecule has 0 aromatic heterocycles. The van der Waals surface area contributed by atoms with Gasteiger partial charge in [0.15, 0.2) is 0 Å². The maximum absolute atomic E-state index is 11.7. The first kappa shape index (κ1) is 12.9. The molecular formula is C14H26N2O. The molecule has 3 nitrogen and oxygen atoms in total. The topological polar surface area (TPSA) is 32.3 Å². The lowest BCUT2D eigenvalue weighted by Gasteiger charge is -2.14. The minimum absolute atomic E-state index is 0.309. The number of likely N-dealkylation sites (tertiary alicyclic amines) is 1. The van der Waals surface area contributed by atoms with E-state index in [9.17, 15) is 4.79 Å². The third-order valence-corrected chi connectivity index (χ3v) is 4.12. The summed E-state index contributed by atoms with van der Waals surface area (Å²) in [4.78, 5) is 14.3. The summed E-state index contributed by atoms with van der Waals surface area (Å²) in [5, 5.41) is 3.09. The highest BCUT2D eigenvalue weighted by molar-refractivity contribution is 5.78. The van der Waals surface area contributed by atoms with E-state index in [1.165, 1.54) is 51.7 Å². The minimum Gasteiger partial charge on any atom is -0.356 e. The Morgan fingerprint density at radius 3 is 2.47 bits per heavy atom. The highest BCUT2D eigenvalue weighted by Crippen LogP contribution is 2.24. The quantitative estimate of drug-likeness (QED) is 0.719. The molecule has 3 heteroatoms. The van der Waals surface area contributed by atoms with E-state index in [4.69, 9.17) is 0 Å². The molecule has 0 unspecified atom stereocenters. The number of nitrogens with one attached hydrogen (secondary N) is 1. The lowest BCUT2D eigenvalue weighted by Crippen LogP contribution is -2.30. The number of amides is 1. The molecule has 1 aliphatic heterocycles. The van der Waals surface area contributed by atoms with Crippen LogP contribution in [0, 0.1) is 5.92 Å². The molecule has 0 aromatic rings. The monoisotopic (exact) mass is 238 g/mol. The molecule has 98 valence electrons. The van der Waals surface area contributed by atoms with E-state index in [-0.39, 0.29) is 0 Å². The van der Waals surface area contributed by atoms with Crippen LogP contribution in [0.25, 0.3) is 0 Å². The van der Waals surface area contributed by atoms with Gasteiger partial charge in [-0.25, -0.2) is 0 Å². The highest BCUT2D eigenvalue weighted by atomic mass is 16.1. The normalized spacial score (nSPS) is 22.1. The van der Waals surface area contributed by atoms with Gasteiger partial charge in [0.05, 0.1) is 0 Å². The Balaban J connectivity index is 1.46. The number of carbonyl (C=O) groups is 1. The van der Waals surface area contributed by atoms with Crippen molar-refractivity contribution in [3.8, 4) is 0 Å². The van der Waals surface area contributed by atoms with Gasteiger partial charge in [-0.2, -0.15) is 0 Å². The molecule has 17 heavy (non-hydrogen) atoms. The average Bonchev–Trinajstić information content (AvgIpc) is 3.01. The summed E-state index contributed by atoms with van der Waals surface area (Å²) in [6, 6.07) is 0. The highest BCUT2D eigenvalue weighted by Gasteiger charge is 2.21. The molecule has 0 atom stereocenters. The number of unbranched alkanes of at least 4 members (excludes halogenated alkanes) is 1. The van der Waals surface area contributed by atoms with Crippen molar-refractivity contribution in [1.82, 2.24) is 10.2 Å². The SMILES string of the molecule is O=C(NCCCCN1CCCC1)C1CCCC1. The Labute approximate surface area is 105 Å². The van der Waals surface area contributed by atoms with E-state index in [0.717, 1.165) is 25.8 Å². The van der Waals surface area contributed by atoms with Crippen LogP contribution in [0.15, 0.2) is 0 Å². The van der Waals surface area contributed by atoms with Gasteiger partial charge < -0.3 is 10.2 Å². The van der Waals surface area contributed by atoms with Crippen LogP contribution in [0.2, 0.25) is 0 Å². The molecular weight excluding hydrogens is 212 g/mol. The third-order valence-electron chi connectivity index (χ3n) is 4.12. The van der Waals surface area contributed by atoms with Gasteiger partial charge >= 0.3 is 0 Å². The van der Waals surface area contributed by atoms with Crippen LogP contribution in [0.5, 0.6) is 0 Å². The first-order chi connectivity index (χ1) is 8.36. The Bertz CT molecular complexity index is 230. The van der Waals surface area contributed by atoms with Crippen molar-refractivity contribution in [1.29, 1.82) is 0 Å². The molecule has 0 spiro atoms. The van der Waals surface area contributed by atoms with E-state index in [0.29, 0.717) is 11.8 Å². The minimum atomic E-state index is 0.309. The predicted molar refractivity (Wildman–Crippen MR) is 69.9 cm³/mol. The van der Waals surface area contributed by atoms with E-state index in [2.05, 4.69) is 10.2 Å². The first-order valence-electron chi connectivity index (χ1n) is 7.36. The molecule has 1 heterocycles. The summed E-state index contributed by atoms with van der Waals surface area (Å²) in [6.07, 6.45) is 9.82. The maximum Gasteiger partial charge on any atom is 0.223 e. The van der Waals surface area contributed by atoms with Crippen molar-refractivity contribution in [3.05, 3.63) is 0 Å². The van der Waals surface area contributed by atoms with E-state index in [1.807, 2.05) is 0 Å². The van der Waals surface area contributed by atoms with Crippen LogP contribution in [-0.2, 0) is 4.79 Å². The van der Waals surface area contributed by atoms with Crippen LogP contribution in [0.3, 0.4) is 0 Å². The van der Waals surface area contributed by atoms with Crippen LogP contribution in [0.4, 0.5) is 0 Å². The van der Waals surface area contributed by atoms with E-state index in [1.54, 1.807) is 0 Å². The van der Waals surface area contributed by atoms with Gasteiger partial charge in [0.2, 0.25) is 5.91 Å². The zero-order valence-corrected chi connectivity index (χ0v) is 10.9. The van der Waals surface area contributed by atoms with Crippen LogP contribution in [-0.4, -0.2) is 37.0 Å². The fourth-order valence-corrected chi connectivity index (χ4v) is 3.01. The van der Waals surface area contributed by atoms with Crippen molar-refractivity contribution >= 4 is 5.91 Å². The second-order valence-electron chi connectivity index (χ2n) is 5.53.